The van der Waals surface area contributed by atoms with Crippen LogP contribution < -0.4 is 0 Å². The van der Waals surface area contributed by atoms with Gasteiger partial charge in [0.15, 0.2) is 0 Å². The third-order valence-electron chi connectivity index (χ3n) is 5.54. The van der Waals surface area contributed by atoms with E-state index in [1.807, 2.05) is 0 Å². The molecule has 0 aliphatic heterocycles. The fourth-order valence-corrected chi connectivity index (χ4v) is 4.79. The van der Waals surface area contributed by atoms with Crippen molar-refractivity contribution >= 4 is 0 Å². The molecule has 1 heteroatoms. The molecule has 0 heterocycles. The smallest absolute Gasteiger partial charge is 0.00927 e. The standard InChI is InChI=1S/C18H35N/c1-14(2)10-16-11-18(12-16)8-6-17(7-9-18)19(5)13-15(3)4/h14-17H,6-13H2,1-5H3. The van der Waals surface area contributed by atoms with E-state index in [-0.39, 0.29) is 0 Å². The van der Waals surface area contributed by atoms with Gasteiger partial charge in [-0.2, -0.15) is 0 Å². The lowest BCUT2D eigenvalue weighted by molar-refractivity contribution is -0.0173. The molecule has 1 nitrogen and oxygen atoms in total. The summed E-state index contributed by atoms with van der Waals surface area (Å²) in [6.45, 7) is 10.7. The zero-order valence-corrected chi connectivity index (χ0v) is 13.9. The van der Waals surface area contributed by atoms with Gasteiger partial charge in [-0.25, -0.2) is 0 Å². The van der Waals surface area contributed by atoms with E-state index in [9.17, 15) is 0 Å². The van der Waals surface area contributed by atoms with Crippen LogP contribution in [0.1, 0.15) is 72.6 Å². The fraction of sp³-hybridized carbons (Fsp3) is 1.00. The molecule has 0 aromatic carbocycles. The van der Waals surface area contributed by atoms with Gasteiger partial charge < -0.3 is 4.90 Å². The second-order valence-corrected chi connectivity index (χ2v) is 8.47. The molecule has 2 fully saturated rings. The van der Waals surface area contributed by atoms with Crippen LogP contribution in [0, 0.1) is 23.2 Å². The predicted molar refractivity (Wildman–Crippen MR) is 84.3 cm³/mol. The van der Waals surface area contributed by atoms with Gasteiger partial charge in [-0.1, -0.05) is 27.7 Å². The molecule has 19 heavy (non-hydrogen) atoms. The molecule has 2 aliphatic carbocycles. The molecule has 1 spiro atoms. The highest BCUT2D eigenvalue weighted by Gasteiger charge is 2.46. The second kappa shape index (κ2) is 6.16. The van der Waals surface area contributed by atoms with Gasteiger partial charge in [0.25, 0.3) is 0 Å². The molecule has 2 saturated carbocycles. The highest BCUT2D eigenvalue weighted by Crippen LogP contribution is 2.56. The summed E-state index contributed by atoms with van der Waals surface area (Å²) in [5.74, 6) is 2.76. The Hall–Kier alpha value is -0.0400. The van der Waals surface area contributed by atoms with E-state index < -0.39 is 0 Å². The Morgan fingerprint density at radius 1 is 1.00 bits per heavy atom. The van der Waals surface area contributed by atoms with Gasteiger partial charge in [-0.05, 0) is 75.2 Å². The third kappa shape index (κ3) is 3.97. The molecule has 0 aromatic rings. The first kappa shape index (κ1) is 15.4. The number of hydrogen-bond acceptors (Lipinski definition) is 1. The van der Waals surface area contributed by atoms with Crippen LogP contribution in [-0.4, -0.2) is 24.5 Å². The van der Waals surface area contributed by atoms with Crippen LogP contribution in [-0.2, 0) is 0 Å². The second-order valence-electron chi connectivity index (χ2n) is 8.47. The van der Waals surface area contributed by atoms with Crippen LogP contribution in [0.5, 0.6) is 0 Å². The van der Waals surface area contributed by atoms with Crippen molar-refractivity contribution in [2.75, 3.05) is 13.6 Å². The monoisotopic (exact) mass is 265 g/mol. The van der Waals surface area contributed by atoms with Gasteiger partial charge in [0, 0.05) is 12.6 Å². The maximum atomic E-state index is 2.63. The number of hydrogen-bond donors (Lipinski definition) is 0. The topological polar surface area (TPSA) is 3.24 Å². The maximum Gasteiger partial charge on any atom is 0.00927 e. The molecule has 0 unspecified atom stereocenters. The summed E-state index contributed by atoms with van der Waals surface area (Å²) < 4.78 is 0. The van der Waals surface area contributed by atoms with E-state index in [1.165, 1.54) is 38.6 Å². The summed E-state index contributed by atoms with van der Waals surface area (Å²) in [6, 6.07) is 0.872. The summed E-state index contributed by atoms with van der Waals surface area (Å²) in [4.78, 5) is 2.63. The molecule has 2 rings (SSSR count). The van der Waals surface area contributed by atoms with Crippen molar-refractivity contribution in [3.63, 3.8) is 0 Å². The quantitative estimate of drug-likeness (QED) is 0.679. The number of rotatable bonds is 5. The van der Waals surface area contributed by atoms with Crippen LogP contribution in [0.25, 0.3) is 0 Å². The SMILES string of the molecule is CC(C)CC1CC2(CCC(N(C)CC(C)C)CC2)C1. The van der Waals surface area contributed by atoms with E-state index in [1.54, 1.807) is 12.8 Å². The molecule has 0 N–H and O–H groups in total. The third-order valence-corrected chi connectivity index (χ3v) is 5.54. The van der Waals surface area contributed by atoms with Crippen molar-refractivity contribution in [2.45, 2.75) is 78.7 Å². The Labute approximate surface area is 121 Å². The Morgan fingerprint density at radius 2 is 1.58 bits per heavy atom. The summed E-state index contributed by atoms with van der Waals surface area (Å²) in [5, 5.41) is 0. The normalized spacial score (nSPS) is 35.4. The molecule has 0 amide bonds. The minimum atomic E-state index is 0.786. The van der Waals surface area contributed by atoms with Crippen molar-refractivity contribution in [3.8, 4) is 0 Å². The lowest BCUT2D eigenvalue weighted by Gasteiger charge is -2.53. The zero-order valence-electron chi connectivity index (χ0n) is 13.9. The molecule has 0 bridgehead atoms. The Bertz CT molecular complexity index is 265. The minimum Gasteiger partial charge on any atom is -0.303 e. The lowest BCUT2D eigenvalue weighted by Crippen LogP contribution is -2.45. The Balaban J connectivity index is 1.72. The van der Waals surface area contributed by atoms with Crippen molar-refractivity contribution < 1.29 is 0 Å². The van der Waals surface area contributed by atoms with E-state index in [0.717, 1.165) is 29.2 Å². The highest BCUT2D eigenvalue weighted by molar-refractivity contribution is 4.98. The zero-order chi connectivity index (χ0) is 14.0. The lowest BCUT2D eigenvalue weighted by atomic mass is 9.54. The van der Waals surface area contributed by atoms with Crippen LogP contribution in [0.3, 0.4) is 0 Å². The summed E-state index contributed by atoms with van der Waals surface area (Å²) >= 11 is 0. The van der Waals surface area contributed by atoms with Crippen molar-refractivity contribution in [1.29, 1.82) is 0 Å². The van der Waals surface area contributed by atoms with E-state index >= 15 is 0 Å². The summed E-state index contributed by atoms with van der Waals surface area (Å²) in [5.41, 5.74) is 0.786. The first-order valence-corrected chi connectivity index (χ1v) is 8.60. The van der Waals surface area contributed by atoms with Gasteiger partial charge in [-0.15, -0.1) is 0 Å². The summed E-state index contributed by atoms with van der Waals surface area (Å²) in [7, 11) is 2.34. The highest BCUT2D eigenvalue weighted by atomic mass is 15.1. The molecule has 2 aliphatic rings. The fourth-order valence-electron chi connectivity index (χ4n) is 4.79. The average molecular weight is 265 g/mol. The van der Waals surface area contributed by atoms with Gasteiger partial charge in [0.2, 0.25) is 0 Å². The van der Waals surface area contributed by atoms with Crippen LogP contribution in [0.15, 0.2) is 0 Å². The van der Waals surface area contributed by atoms with Gasteiger partial charge in [-0.3, -0.25) is 0 Å². The van der Waals surface area contributed by atoms with Crippen molar-refractivity contribution in [3.05, 3.63) is 0 Å². The van der Waals surface area contributed by atoms with Crippen LogP contribution in [0.4, 0.5) is 0 Å². The van der Waals surface area contributed by atoms with Gasteiger partial charge in [0.1, 0.15) is 0 Å². The van der Waals surface area contributed by atoms with Crippen molar-refractivity contribution in [2.24, 2.45) is 23.2 Å². The summed E-state index contributed by atoms with van der Waals surface area (Å²) in [6.07, 6.45) is 10.5. The molecule has 0 saturated heterocycles. The maximum absolute atomic E-state index is 2.63. The van der Waals surface area contributed by atoms with Crippen LogP contribution >= 0.6 is 0 Å². The largest absolute Gasteiger partial charge is 0.303 e. The number of nitrogens with zero attached hydrogens (tertiary/aromatic N) is 1. The molecule has 0 radical (unpaired) electrons. The minimum absolute atomic E-state index is 0.786. The molecule has 0 atom stereocenters. The van der Waals surface area contributed by atoms with Crippen molar-refractivity contribution in [1.82, 2.24) is 4.90 Å². The van der Waals surface area contributed by atoms with E-state index in [2.05, 4.69) is 39.6 Å². The first-order chi connectivity index (χ1) is 8.90. The molecular weight excluding hydrogens is 230 g/mol. The Morgan fingerprint density at radius 3 is 2.05 bits per heavy atom. The van der Waals surface area contributed by atoms with Gasteiger partial charge in [0.05, 0.1) is 0 Å². The predicted octanol–water partition coefficient (Wildman–Crippen LogP) is 4.96. The first-order valence-electron chi connectivity index (χ1n) is 8.60. The van der Waals surface area contributed by atoms with E-state index in [0.29, 0.717) is 0 Å². The van der Waals surface area contributed by atoms with Gasteiger partial charge >= 0.3 is 0 Å². The molecule has 0 aromatic heterocycles. The molecule has 112 valence electrons. The van der Waals surface area contributed by atoms with Crippen LogP contribution in [0.2, 0.25) is 0 Å². The average Bonchev–Trinajstić information content (AvgIpc) is 2.26. The van der Waals surface area contributed by atoms with E-state index in [4.69, 9.17) is 0 Å². The molecular formula is C18H35N. The Kier molecular flexibility index (Phi) is 4.98.